The first-order valence-corrected chi connectivity index (χ1v) is 11.4. The van der Waals surface area contributed by atoms with E-state index >= 15 is 0 Å². The summed E-state index contributed by atoms with van der Waals surface area (Å²) in [5, 5.41) is 2.71. The minimum absolute atomic E-state index is 0.0423. The van der Waals surface area contributed by atoms with Gasteiger partial charge in [-0.1, -0.05) is 6.07 Å². The third-order valence-corrected chi connectivity index (χ3v) is 7.92. The van der Waals surface area contributed by atoms with Gasteiger partial charge in [-0.15, -0.1) is 11.3 Å². The molecule has 1 unspecified atom stereocenters. The molecular weight excluding hydrogens is 385 g/mol. The zero-order chi connectivity index (χ0) is 18.9. The molecule has 4 rings (SSSR count). The quantitative estimate of drug-likeness (QED) is 0.631. The fraction of sp³-hybridized carbons (Fsp3) is 0.368. The lowest BCUT2D eigenvalue weighted by atomic mass is 10.1. The topological polar surface area (TPSA) is 65.2 Å². The molecule has 1 fully saturated rings. The van der Waals surface area contributed by atoms with Crippen LogP contribution in [0.4, 0.5) is 4.39 Å². The molecule has 1 aromatic carbocycles. The van der Waals surface area contributed by atoms with E-state index in [4.69, 9.17) is 0 Å². The molecule has 1 aliphatic rings. The van der Waals surface area contributed by atoms with Crippen molar-refractivity contribution >= 4 is 32.3 Å². The van der Waals surface area contributed by atoms with Gasteiger partial charge in [-0.2, -0.15) is 0 Å². The number of nitrogens with zero attached hydrogens (tertiary/aromatic N) is 1. The smallest absolute Gasteiger partial charge is 0.250 e. The summed E-state index contributed by atoms with van der Waals surface area (Å²) in [6.45, 7) is 2.52. The molecule has 2 N–H and O–H groups in total. The number of halogens is 1. The van der Waals surface area contributed by atoms with E-state index in [1.807, 2.05) is 6.20 Å². The van der Waals surface area contributed by atoms with Crippen molar-refractivity contribution in [2.45, 2.75) is 29.5 Å². The number of hydrogen-bond acceptors (Lipinski definition) is 4. The number of hydrogen-bond donors (Lipinski definition) is 2. The van der Waals surface area contributed by atoms with Crippen molar-refractivity contribution < 1.29 is 12.8 Å². The van der Waals surface area contributed by atoms with E-state index in [1.165, 1.54) is 17.4 Å². The van der Waals surface area contributed by atoms with Crippen LogP contribution < -0.4 is 4.72 Å². The van der Waals surface area contributed by atoms with Crippen LogP contribution in [-0.4, -0.2) is 44.0 Å². The second kappa shape index (κ2) is 7.71. The minimum Gasteiger partial charge on any atom is -0.361 e. The maximum atomic E-state index is 13.5. The molecule has 1 atom stereocenters. The highest BCUT2D eigenvalue weighted by atomic mass is 32.2. The van der Waals surface area contributed by atoms with Crippen molar-refractivity contribution in [3.05, 3.63) is 53.3 Å². The zero-order valence-corrected chi connectivity index (χ0v) is 16.5. The van der Waals surface area contributed by atoms with E-state index in [1.54, 1.807) is 29.6 Å². The predicted molar refractivity (Wildman–Crippen MR) is 106 cm³/mol. The zero-order valence-electron chi connectivity index (χ0n) is 14.8. The van der Waals surface area contributed by atoms with Gasteiger partial charge >= 0.3 is 0 Å². The Bertz CT molecular complexity index is 1010. The van der Waals surface area contributed by atoms with Gasteiger partial charge in [0.05, 0.1) is 0 Å². The van der Waals surface area contributed by atoms with Gasteiger partial charge in [0.25, 0.3) is 0 Å². The number of H-pyrrole nitrogens is 1. The van der Waals surface area contributed by atoms with Gasteiger partial charge in [-0.3, -0.25) is 0 Å². The van der Waals surface area contributed by atoms with E-state index in [-0.39, 0.29) is 11.9 Å². The number of aromatic amines is 1. The Morgan fingerprint density at radius 3 is 3.04 bits per heavy atom. The van der Waals surface area contributed by atoms with Crippen LogP contribution >= 0.6 is 11.3 Å². The number of fused-ring (bicyclic) bond motifs is 1. The average Bonchev–Trinajstić information content (AvgIpc) is 3.36. The summed E-state index contributed by atoms with van der Waals surface area (Å²) in [6, 6.07) is 8.13. The molecule has 1 saturated heterocycles. The van der Waals surface area contributed by atoms with Crippen LogP contribution in [0.25, 0.3) is 10.9 Å². The molecule has 0 spiro atoms. The lowest BCUT2D eigenvalue weighted by molar-refractivity contribution is 0.327. The van der Waals surface area contributed by atoms with Crippen molar-refractivity contribution in [2.24, 2.45) is 0 Å². The highest BCUT2D eigenvalue weighted by Gasteiger charge is 2.27. The normalized spacial score (nSPS) is 18.5. The van der Waals surface area contributed by atoms with Crippen LogP contribution in [0.1, 0.15) is 18.4 Å². The van der Waals surface area contributed by atoms with Crippen LogP contribution in [-0.2, 0) is 16.4 Å². The van der Waals surface area contributed by atoms with E-state index in [2.05, 4.69) is 14.6 Å². The molecule has 0 amide bonds. The molecule has 0 aliphatic carbocycles. The Morgan fingerprint density at radius 2 is 2.22 bits per heavy atom. The fourth-order valence-corrected chi connectivity index (χ4v) is 5.95. The van der Waals surface area contributed by atoms with Crippen molar-refractivity contribution in [1.82, 2.24) is 14.6 Å². The van der Waals surface area contributed by atoms with Crippen molar-refractivity contribution in [2.75, 3.05) is 19.6 Å². The second-order valence-corrected chi connectivity index (χ2v) is 9.84. The number of aromatic nitrogens is 1. The molecule has 3 aromatic rings. The average molecular weight is 408 g/mol. The summed E-state index contributed by atoms with van der Waals surface area (Å²) in [4.78, 5) is 5.47. The van der Waals surface area contributed by atoms with Gasteiger partial charge in [0.2, 0.25) is 10.0 Å². The van der Waals surface area contributed by atoms with Crippen molar-refractivity contribution in [1.29, 1.82) is 0 Å². The maximum Gasteiger partial charge on any atom is 0.250 e. The van der Waals surface area contributed by atoms with Crippen LogP contribution in [0.5, 0.6) is 0 Å². The van der Waals surface area contributed by atoms with Gasteiger partial charge < -0.3 is 9.88 Å². The highest BCUT2D eigenvalue weighted by Crippen LogP contribution is 2.22. The van der Waals surface area contributed by atoms with E-state index in [9.17, 15) is 12.8 Å². The van der Waals surface area contributed by atoms with Gasteiger partial charge in [0.1, 0.15) is 10.0 Å². The van der Waals surface area contributed by atoms with Gasteiger partial charge in [0.15, 0.2) is 0 Å². The molecule has 8 heteroatoms. The van der Waals surface area contributed by atoms with Crippen LogP contribution in [0.15, 0.2) is 46.1 Å². The third-order valence-electron chi connectivity index (χ3n) is 5.00. The van der Waals surface area contributed by atoms with E-state index in [0.29, 0.717) is 4.21 Å². The Hall–Kier alpha value is -1.74. The Labute approximate surface area is 162 Å². The summed E-state index contributed by atoms with van der Waals surface area (Å²) >= 11 is 1.23. The third kappa shape index (κ3) is 4.24. The van der Waals surface area contributed by atoms with Gasteiger partial charge in [0, 0.05) is 29.7 Å². The summed E-state index contributed by atoms with van der Waals surface area (Å²) in [7, 11) is -3.41. The lowest BCUT2D eigenvalue weighted by Gasteiger charge is -2.16. The number of benzene rings is 1. The summed E-state index contributed by atoms with van der Waals surface area (Å²) in [5.74, 6) is -0.219. The fourth-order valence-electron chi connectivity index (χ4n) is 3.68. The van der Waals surface area contributed by atoms with Crippen LogP contribution in [0, 0.1) is 5.82 Å². The molecular formula is C19H22FN3O2S2. The molecule has 0 saturated carbocycles. The largest absolute Gasteiger partial charge is 0.361 e. The standard InChI is InChI=1S/C19H22FN3O2S2/c20-15-5-6-18-17(11-15)14(12-21-18)3-1-8-23-9-7-16(13-23)22-27(24,25)19-4-2-10-26-19/h2,4-6,10-12,16,21-22H,1,3,7-9,13H2. The molecule has 5 nitrogen and oxygen atoms in total. The monoisotopic (exact) mass is 407 g/mol. The molecule has 2 aromatic heterocycles. The summed E-state index contributed by atoms with van der Waals surface area (Å²) < 4.78 is 41.3. The minimum atomic E-state index is -3.41. The number of aryl methyl sites for hydroxylation is 1. The SMILES string of the molecule is O=S(=O)(NC1CCN(CCCc2c[nH]c3ccc(F)cc23)C1)c1cccs1. The van der Waals surface area contributed by atoms with Gasteiger partial charge in [-0.05, 0) is 67.6 Å². The lowest BCUT2D eigenvalue weighted by Crippen LogP contribution is -2.36. The summed E-state index contributed by atoms with van der Waals surface area (Å²) in [6.07, 6.45) is 4.59. The molecule has 0 radical (unpaired) electrons. The molecule has 144 valence electrons. The number of rotatable bonds is 7. The molecule has 1 aliphatic heterocycles. The van der Waals surface area contributed by atoms with Crippen molar-refractivity contribution in [3.63, 3.8) is 0 Å². The highest BCUT2D eigenvalue weighted by molar-refractivity contribution is 7.91. The van der Waals surface area contributed by atoms with Crippen LogP contribution in [0.3, 0.4) is 0 Å². The number of sulfonamides is 1. The second-order valence-electron chi connectivity index (χ2n) is 6.95. The first-order chi connectivity index (χ1) is 13.0. The Balaban J connectivity index is 1.28. The molecule has 0 bridgehead atoms. The first-order valence-electron chi connectivity index (χ1n) is 9.05. The van der Waals surface area contributed by atoms with Gasteiger partial charge in [-0.25, -0.2) is 17.5 Å². The number of nitrogens with one attached hydrogen (secondary N) is 2. The van der Waals surface area contributed by atoms with Crippen molar-refractivity contribution in [3.8, 4) is 0 Å². The predicted octanol–water partition coefficient (Wildman–Crippen LogP) is 3.35. The number of thiophene rings is 1. The molecule has 3 heterocycles. The Morgan fingerprint density at radius 1 is 1.33 bits per heavy atom. The molecule has 27 heavy (non-hydrogen) atoms. The maximum absolute atomic E-state index is 13.5. The van der Waals surface area contributed by atoms with Crippen LogP contribution in [0.2, 0.25) is 0 Å². The Kier molecular flexibility index (Phi) is 5.32. The first kappa shape index (κ1) is 18.6. The van der Waals surface area contributed by atoms with E-state index < -0.39 is 10.0 Å². The number of likely N-dealkylation sites (tertiary alicyclic amines) is 1. The van der Waals surface area contributed by atoms with E-state index in [0.717, 1.165) is 55.4 Å². The summed E-state index contributed by atoms with van der Waals surface area (Å²) in [5.41, 5.74) is 2.08.